The maximum absolute atomic E-state index is 11.3. The first-order chi connectivity index (χ1) is 6.50. The highest BCUT2D eigenvalue weighted by atomic mass is 79.9. The minimum absolute atomic E-state index is 0.0741. The topological polar surface area (TPSA) is 59.3 Å². The number of halogens is 1. The molecule has 1 aromatic rings. The zero-order valence-corrected chi connectivity index (χ0v) is 9.24. The first kappa shape index (κ1) is 11.0. The van der Waals surface area contributed by atoms with Crippen LogP contribution < -0.4 is 5.56 Å². The van der Waals surface area contributed by atoms with Gasteiger partial charge >= 0.3 is 5.97 Å². The van der Waals surface area contributed by atoms with Crippen molar-refractivity contribution in [2.75, 3.05) is 0 Å². The van der Waals surface area contributed by atoms with Crippen LogP contribution in [0.3, 0.4) is 0 Å². The van der Waals surface area contributed by atoms with Gasteiger partial charge in [-0.1, -0.05) is 0 Å². The summed E-state index contributed by atoms with van der Waals surface area (Å²) in [6.07, 6.45) is 2.16. The van der Waals surface area contributed by atoms with E-state index in [9.17, 15) is 9.59 Å². The van der Waals surface area contributed by atoms with Crippen molar-refractivity contribution in [3.8, 4) is 0 Å². The molecule has 0 aliphatic rings. The van der Waals surface area contributed by atoms with Gasteiger partial charge in [0.1, 0.15) is 0 Å². The highest BCUT2D eigenvalue weighted by molar-refractivity contribution is 9.10. The molecule has 1 aromatic heterocycles. The number of carboxylic acid groups (broad SMARTS) is 1. The summed E-state index contributed by atoms with van der Waals surface area (Å²) in [5.41, 5.74) is 0.713. The molecule has 0 atom stereocenters. The van der Waals surface area contributed by atoms with Gasteiger partial charge in [-0.15, -0.1) is 0 Å². The van der Waals surface area contributed by atoms with Crippen LogP contribution in [0, 0.1) is 0 Å². The molecular weight excluding hydrogens is 250 g/mol. The summed E-state index contributed by atoms with van der Waals surface area (Å²) >= 11 is 3.12. The summed E-state index contributed by atoms with van der Waals surface area (Å²) in [6.45, 7) is 0. The van der Waals surface area contributed by atoms with E-state index in [4.69, 9.17) is 5.11 Å². The van der Waals surface area contributed by atoms with Gasteiger partial charge in [-0.2, -0.15) is 0 Å². The fraction of sp³-hybridized carbons (Fsp3) is 0.333. The molecule has 0 bridgehead atoms. The predicted molar refractivity (Wildman–Crippen MR) is 55.3 cm³/mol. The van der Waals surface area contributed by atoms with E-state index in [1.165, 1.54) is 4.57 Å². The van der Waals surface area contributed by atoms with Gasteiger partial charge < -0.3 is 9.67 Å². The Labute approximate surface area is 89.3 Å². The van der Waals surface area contributed by atoms with Crippen LogP contribution in [-0.2, 0) is 18.3 Å². The van der Waals surface area contributed by atoms with Crippen LogP contribution in [0.1, 0.15) is 12.0 Å². The molecule has 0 aliphatic carbocycles. The normalized spacial score (nSPS) is 10.1. The van der Waals surface area contributed by atoms with E-state index < -0.39 is 5.97 Å². The predicted octanol–water partition coefficient (Wildman–Crippen LogP) is 1.17. The lowest BCUT2D eigenvalue weighted by molar-refractivity contribution is -0.136. The third-order valence-corrected chi connectivity index (χ3v) is 2.39. The number of pyridine rings is 1. The summed E-state index contributed by atoms with van der Waals surface area (Å²) < 4.78 is 1.89. The van der Waals surface area contributed by atoms with Crippen molar-refractivity contribution < 1.29 is 9.90 Å². The van der Waals surface area contributed by atoms with E-state index in [0.29, 0.717) is 10.9 Å². The van der Waals surface area contributed by atoms with Gasteiger partial charge in [0, 0.05) is 19.7 Å². The van der Waals surface area contributed by atoms with Gasteiger partial charge in [-0.3, -0.25) is 9.59 Å². The third-order valence-electron chi connectivity index (χ3n) is 1.82. The van der Waals surface area contributed by atoms with Gasteiger partial charge in [0.05, 0.1) is 4.47 Å². The Bertz CT molecular complexity index is 385. The summed E-state index contributed by atoms with van der Waals surface area (Å²) in [4.78, 5) is 21.6. The van der Waals surface area contributed by atoms with Gasteiger partial charge in [0.15, 0.2) is 0 Å². The van der Waals surface area contributed by atoms with Gasteiger partial charge in [-0.25, -0.2) is 0 Å². The molecule has 0 spiro atoms. The van der Waals surface area contributed by atoms with Crippen LogP contribution >= 0.6 is 15.9 Å². The minimum Gasteiger partial charge on any atom is -0.481 e. The van der Waals surface area contributed by atoms with Crippen molar-refractivity contribution in [3.05, 3.63) is 32.7 Å². The molecule has 1 rings (SSSR count). The zero-order valence-electron chi connectivity index (χ0n) is 7.66. The van der Waals surface area contributed by atoms with Crippen LogP contribution in [0.2, 0.25) is 0 Å². The molecule has 5 heteroatoms. The molecule has 0 saturated carbocycles. The van der Waals surface area contributed by atoms with Crippen molar-refractivity contribution in [1.29, 1.82) is 0 Å². The molecule has 1 N–H and O–H groups in total. The van der Waals surface area contributed by atoms with Crippen LogP contribution in [-0.4, -0.2) is 15.6 Å². The monoisotopic (exact) mass is 259 g/mol. The second-order valence-corrected chi connectivity index (χ2v) is 3.86. The van der Waals surface area contributed by atoms with Crippen LogP contribution in [0.5, 0.6) is 0 Å². The summed E-state index contributed by atoms with van der Waals surface area (Å²) in [5.74, 6) is -0.838. The lowest BCUT2D eigenvalue weighted by atomic mass is 10.1. The van der Waals surface area contributed by atoms with E-state index in [-0.39, 0.29) is 12.0 Å². The van der Waals surface area contributed by atoms with Crippen molar-refractivity contribution in [1.82, 2.24) is 4.57 Å². The van der Waals surface area contributed by atoms with E-state index in [1.54, 1.807) is 19.3 Å². The second kappa shape index (κ2) is 4.41. The Hall–Kier alpha value is -1.10. The fourth-order valence-electron chi connectivity index (χ4n) is 1.13. The first-order valence-electron chi connectivity index (χ1n) is 4.07. The fourth-order valence-corrected chi connectivity index (χ4v) is 1.70. The Kier molecular flexibility index (Phi) is 3.46. The molecule has 76 valence electrons. The lowest BCUT2D eigenvalue weighted by Crippen LogP contribution is -2.17. The quantitative estimate of drug-likeness (QED) is 0.887. The molecule has 0 unspecified atom stereocenters. The summed E-state index contributed by atoms with van der Waals surface area (Å²) in [6, 6.07) is 1.66. The highest BCUT2D eigenvalue weighted by Gasteiger charge is 2.03. The molecule has 0 saturated heterocycles. The Morgan fingerprint density at radius 2 is 2.29 bits per heavy atom. The van der Waals surface area contributed by atoms with Gasteiger partial charge in [0.2, 0.25) is 0 Å². The molecular formula is C9H10BrNO3. The van der Waals surface area contributed by atoms with Crippen LogP contribution in [0.15, 0.2) is 21.5 Å². The number of carbonyl (C=O) groups is 1. The maximum atomic E-state index is 11.3. The van der Waals surface area contributed by atoms with Crippen molar-refractivity contribution in [2.24, 2.45) is 7.05 Å². The first-order valence-corrected chi connectivity index (χ1v) is 4.87. The van der Waals surface area contributed by atoms with E-state index in [1.807, 2.05) is 0 Å². The van der Waals surface area contributed by atoms with Crippen molar-refractivity contribution >= 4 is 21.9 Å². The number of aromatic nitrogens is 1. The number of rotatable bonds is 3. The van der Waals surface area contributed by atoms with E-state index in [0.717, 1.165) is 5.56 Å². The lowest BCUT2D eigenvalue weighted by Gasteiger charge is -2.03. The largest absolute Gasteiger partial charge is 0.481 e. The standard InChI is InChI=1S/C9H10BrNO3/c1-11-5-6(2-3-8(12)13)4-7(10)9(11)14/h4-5H,2-3H2,1H3,(H,12,13). The van der Waals surface area contributed by atoms with E-state index in [2.05, 4.69) is 15.9 Å². The van der Waals surface area contributed by atoms with Gasteiger partial charge in [-0.05, 0) is 34.0 Å². The molecule has 0 aliphatic heterocycles. The minimum atomic E-state index is -0.838. The zero-order chi connectivity index (χ0) is 10.7. The molecule has 4 nitrogen and oxygen atoms in total. The highest BCUT2D eigenvalue weighted by Crippen LogP contribution is 2.08. The molecule has 0 radical (unpaired) electrons. The molecule has 14 heavy (non-hydrogen) atoms. The molecule has 0 amide bonds. The Balaban J connectivity index is 2.90. The van der Waals surface area contributed by atoms with Crippen LogP contribution in [0.4, 0.5) is 0 Å². The molecule has 1 heterocycles. The smallest absolute Gasteiger partial charge is 0.303 e. The number of nitrogens with zero attached hydrogens (tertiary/aromatic N) is 1. The second-order valence-electron chi connectivity index (χ2n) is 3.01. The number of hydrogen-bond donors (Lipinski definition) is 1. The number of carboxylic acids is 1. The average molecular weight is 260 g/mol. The van der Waals surface area contributed by atoms with Crippen molar-refractivity contribution in [3.63, 3.8) is 0 Å². The number of aliphatic carboxylic acids is 1. The van der Waals surface area contributed by atoms with Gasteiger partial charge in [0.25, 0.3) is 5.56 Å². The summed E-state index contributed by atoms with van der Waals surface area (Å²) in [5, 5.41) is 8.49. The third kappa shape index (κ3) is 2.70. The van der Waals surface area contributed by atoms with Crippen LogP contribution in [0.25, 0.3) is 0 Å². The average Bonchev–Trinajstić information content (AvgIpc) is 2.10. The molecule has 0 fully saturated rings. The number of aryl methyl sites for hydroxylation is 2. The van der Waals surface area contributed by atoms with Crippen molar-refractivity contribution in [2.45, 2.75) is 12.8 Å². The Morgan fingerprint density at radius 3 is 2.79 bits per heavy atom. The maximum Gasteiger partial charge on any atom is 0.303 e. The Morgan fingerprint density at radius 1 is 1.64 bits per heavy atom. The SMILES string of the molecule is Cn1cc(CCC(=O)O)cc(Br)c1=O. The summed E-state index contributed by atoms with van der Waals surface area (Å²) in [7, 11) is 1.64. The number of hydrogen-bond acceptors (Lipinski definition) is 2. The molecule has 0 aromatic carbocycles. The van der Waals surface area contributed by atoms with E-state index >= 15 is 0 Å².